The normalized spacial score (nSPS) is 14.6. The van der Waals surface area contributed by atoms with Crippen molar-refractivity contribution in [3.63, 3.8) is 0 Å². The predicted octanol–water partition coefficient (Wildman–Crippen LogP) is 5.99. The third-order valence-electron chi connectivity index (χ3n) is 6.52. The van der Waals surface area contributed by atoms with Crippen molar-refractivity contribution in [2.75, 3.05) is 13.7 Å². The van der Waals surface area contributed by atoms with Gasteiger partial charge in [-0.25, -0.2) is 0 Å². The van der Waals surface area contributed by atoms with Crippen LogP contribution in [0.4, 0.5) is 0 Å². The van der Waals surface area contributed by atoms with E-state index < -0.39 is 0 Å². The molecule has 0 aromatic heterocycles. The van der Waals surface area contributed by atoms with Crippen LogP contribution in [0.15, 0.2) is 91.0 Å². The van der Waals surface area contributed by atoms with Crippen molar-refractivity contribution in [2.24, 2.45) is 0 Å². The van der Waals surface area contributed by atoms with Crippen LogP contribution < -0.4 is 19.5 Å². The van der Waals surface area contributed by atoms with Gasteiger partial charge in [-0.15, -0.1) is 0 Å². The Morgan fingerprint density at radius 2 is 1.42 bits per heavy atom. The second kappa shape index (κ2) is 11.2. The van der Waals surface area contributed by atoms with E-state index in [0.29, 0.717) is 19.0 Å². The van der Waals surface area contributed by atoms with Gasteiger partial charge < -0.3 is 24.6 Å². The van der Waals surface area contributed by atoms with Gasteiger partial charge in [0.15, 0.2) is 23.0 Å². The molecule has 5 rings (SSSR count). The largest absolute Gasteiger partial charge is 0.504 e. The molecule has 0 saturated heterocycles. The Kier molecular flexibility index (Phi) is 7.39. The molecule has 0 bridgehead atoms. The number of hydrogen-bond acceptors (Lipinski definition) is 5. The zero-order valence-electron chi connectivity index (χ0n) is 20.4. The Bertz CT molecular complexity index is 1290. The van der Waals surface area contributed by atoms with E-state index in [2.05, 4.69) is 29.6 Å². The molecule has 36 heavy (non-hydrogen) atoms. The van der Waals surface area contributed by atoms with Crippen LogP contribution in [0.2, 0.25) is 0 Å². The number of aromatic hydroxyl groups is 1. The third-order valence-corrected chi connectivity index (χ3v) is 6.52. The predicted molar refractivity (Wildman–Crippen MR) is 141 cm³/mol. The van der Waals surface area contributed by atoms with Crippen LogP contribution in [0.5, 0.6) is 23.0 Å². The molecular weight excluding hydrogens is 450 g/mol. The van der Waals surface area contributed by atoms with Gasteiger partial charge in [-0.05, 0) is 71.5 Å². The number of ether oxygens (including phenoxy) is 3. The molecule has 1 atom stereocenters. The molecule has 5 heteroatoms. The van der Waals surface area contributed by atoms with Crippen molar-refractivity contribution in [3.05, 3.63) is 119 Å². The highest BCUT2D eigenvalue weighted by molar-refractivity contribution is 5.50. The van der Waals surface area contributed by atoms with E-state index in [0.717, 1.165) is 47.6 Å². The quantitative estimate of drug-likeness (QED) is 0.308. The molecule has 0 spiro atoms. The molecule has 1 aliphatic rings. The van der Waals surface area contributed by atoms with E-state index in [4.69, 9.17) is 14.2 Å². The monoisotopic (exact) mass is 481 g/mol. The van der Waals surface area contributed by atoms with Crippen molar-refractivity contribution in [1.82, 2.24) is 5.32 Å². The Balaban J connectivity index is 1.31. The number of rotatable bonds is 9. The zero-order valence-corrected chi connectivity index (χ0v) is 20.4. The first kappa shape index (κ1) is 23.8. The molecular formula is C31H31NO4. The molecule has 0 saturated carbocycles. The van der Waals surface area contributed by atoms with Crippen molar-refractivity contribution in [3.8, 4) is 23.0 Å². The summed E-state index contributed by atoms with van der Waals surface area (Å²) >= 11 is 0. The third kappa shape index (κ3) is 5.64. The van der Waals surface area contributed by atoms with Gasteiger partial charge >= 0.3 is 0 Å². The maximum atomic E-state index is 10.6. The average Bonchev–Trinajstić information content (AvgIpc) is 2.92. The summed E-state index contributed by atoms with van der Waals surface area (Å²) < 4.78 is 17.6. The van der Waals surface area contributed by atoms with Crippen LogP contribution in [-0.2, 0) is 26.1 Å². The molecule has 184 valence electrons. The first-order valence-electron chi connectivity index (χ1n) is 12.3. The van der Waals surface area contributed by atoms with Gasteiger partial charge in [-0.2, -0.15) is 0 Å². The molecule has 0 radical (unpaired) electrons. The second-order valence-corrected chi connectivity index (χ2v) is 9.01. The van der Waals surface area contributed by atoms with Gasteiger partial charge in [0.1, 0.15) is 13.2 Å². The van der Waals surface area contributed by atoms with Gasteiger partial charge in [0.2, 0.25) is 0 Å². The maximum Gasteiger partial charge on any atom is 0.162 e. The standard InChI is InChI=1S/C31H31NO4/c1-34-30-18-25-14-15-32-27(26(25)19-31(30)36-21-23-10-6-3-7-11-23)16-24-12-13-29(28(33)17-24)35-20-22-8-4-2-5-9-22/h2-13,17-19,27,32-33H,14-16,20-21H2,1H3. The van der Waals surface area contributed by atoms with Crippen LogP contribution in [0.1, 0.15) is 33.9 Å². The summed E-state index contributed by atoms with van der Waals surface area (Å²) in [5.41, 5.74) is 5.66. The smallest absolute Gasteiger partial charge is 0.162 e. The van der Waals surface area contributed by atoms with Crippen LogP contribution in [0, 0.1) is 0 Å². The molecule has 0 fully saturated rings. The highest BCUT2D eigenvalue weighted by atomic mass is 16.5. The fourth-order valence-corrected chi connectivity index (χ4v) is 4.62. The number of benzene rings is 4. The van der Waals surface area contributed by atoms with Gasteiger partial charge in [-0.3, -0.25) is 0 Å². The van der Waals surface area contributed by atoms with Crippen molar-refractivity contribution in [1.29, 1.82) is 0 Å². The molecule has 5 nitrogen and oxygen atoms in total. The first-order valence-corrected chi connectivity index (χ1v) is 12.3. The summed E-state index contributed by atoms with van der Waals surface area (Å²) in [6, 6.07) is 30.0. The minimum Gasteiger partial charge on any atom is -0.504 e. The summed E-state index contributed by atoms with van der Waals surface area (Å²) in [6.07, 6.45) is 1.67. The average molecular weight is 482 g/mol. The Morgan fingerprint density at radius 3 is 2.06 bits per heavy atom. The molecule has 1 aliphatic heterocycles. The van der Waals surface area contributed by atoms with E-state index in [9.17, 15) is 5.11 Å². The molecule has 1 unspecified atom stereocenters. The van der Waals surface area contributed by atoms with Crippen molar-refractivity contribution >= 4 is 0 Å². The topological polar surface area (TPSA) is 60.0 Å². The van der Waals surface area contributed by atoms with Crippen LogP contribution in [0.25, 0.3) is 0 Å². The summed E-state index contributed by atoms with van der Waals surface area (Å²) in [6.45, 7) is 1.78. The number of methoxy groups -OCH3 is 1. The molecule has 1 heterocycles. The van der Waals surface area contributed by atoms with Gasteiger partial charge in [0, 0.05) is 6.04 Å². The summed E-state index contributed by atoms with van der Waals surface area (Å²) in [7, 11) is 1.68. The van der Waals surface area contributed by atoms with E-state index >= 15 is 0 Å². The van der Waals surface area contributed by atoms with Gasteiger partial charge in [-0.1, -0.05) is 66.7 Å². The lowest BCUT2D eigenvalue weighted by Crippen LogP contribution is -2.31. The molecule has 0 amide bonds. The van der Waals surface area contributed by atoms with Crippen LogP contribution in [0.3, 0.4) is 0 Å². The molecule has 4 aromatic carbocycles. The minimum atomic E-state index is 0.106. The number of phenolic OH excluding ortho intramolecular Hbond substituents is 1. The number of hydrogen-bond donors (Lipinski definition) is 2. The van der Waals surface area contributed by atoms with E-state index in [1.165, 1.54) is 11.1 Å². The summed E-state index contributed by atoms with van der Waals surface area (Å²) in [5, 5.41) is 14.2. The first-order chi connectivity index (χ1) is 17.7. The minimum absolute atomic E-state index is 0.106. The zero-order chi connectivity index (χ0) is 24.7. The Hall–Kier alpha value is -3.96. The Labute approximate surface area is 212 Å². The maximum absolute atomic E-state index is 10.6. The molecule has 2 N–H and O–H groups in total. The lowest BCUT2D eigenvalue weighted by molar-refractivity contribution is 0.283. The molecule has 0 aliphatic carbocycles. The van der Waals surface area contributed by atoms with Crippen LogP contribution >= 0.6 is 0 Å². The van der Waals surface area contributed by atoms with E-state index in [-0.39, 0.29) is 11.8 Å². The highest BCUT2D eigenvalue weighted by Gasteiger charge is 2.23. The van der Waals surface area contributed by atoms with Crippen molar-refractivity contribution in [2.45, 2.75) is 32.1 Å². The SMILES string of the molecule is COc1cc2c(cc1OCc1ccccc1)C(Cc1ccc(OCc3ccccc3)c(O)c1)NCC2. The fourth-order valence-electron chi connectivity index (χ4n) is 4.62. The molecule has 4 aromatic rings. The van der Waals surface area contributed by atoms with Crippen LogP contribution in [-0.4, -0.2) is 18.8 Å². The lowest BCUT2D eigenvalue weighted by atomic mass is 9.89. The number of phenols is 1. The number of fused-ring (bicyclic) bond motifs is 1. The van der Waals surface area contributed by atoms with Crippen molar-refractivity contribution < 1.29 is 19.3 Å². The van der Waals surface area contributed by atoms with Gasteiger partial charge in [0.25, 0.3) is 0 Å². The van der Waals surface area contributed by atoms with E-state index in [1.807, 2.05) is 60.7 Å². The van der Waals surface area contributed by atoms with Gasteiger partial charge in [0.05, 0.1) is 7.11 Å². The highest BCUT2D eigenvalue weighted by Crippen LogP contribution is 2.37. The number of nitrogens with one attached hydrogen (secondary N) is 1. The second-order valence-electron chi connectivity index (χ2n) is 9.01. The summed E-state index contributed by atoms with van der Waals surface area (Å²) in [4.78, 5) is 0. The lowest BCUT2D eigenvalue weighted by Gasteiger charge is -2.28. The fraction of sp³-hybridized carbons (Fsp3) is 0.226. The summed E-state index contributed by atoms with van der Waals surface area (Å²) in [5.74, 6) is 2.13. The Morgan fingerprint density at radius 1 is 0.750 bits per heavy atom. The van der Waals surface area contributed by atoms with E-state index in [1.54, 1.807) is 13.2 Å².